The molecule has 3 rings (SSSR count). The largest absolute Gasteiger partial charge is 0.465 e. The average Bonchev–Trinajstić information content (AvgIpc) is 3.03. The van der Waals surface area contributed by atoms with Crippen LogP contribution >= 0.6 is 0 Å². The number of methoxy groups -OCH3 is 1. The molecule has 1 aromatic carbocycles. The molecule has 1 aromatic heterocycles. The molecule has 2 unspecified atom stereocenters. The molecule has 19 heavy (non-hydrogen) atoms. The van der Waals surface area contributed by atoms with Crippen LogP contribution < -0.4 is 0 Å². The van der Waals surface area contributed by atoms with Crippen molar-refractivity contribution < 1.29 is 14.6 Å². The fourth-order valence-electron chi connectivity index (χ4n) is 2.82. The van der Waals surface area contributed by atoms with Gasteiger partial charge in [-0.1, -0.05) is 30.3 Å². The highest BCUT2D eigenvalue weighted by Gasteiger charge is 2.48. The second-order valence-electron chi connectivity index (χ2n) is 4.78. The molecule has 2 atom stereocenters. The number of hydrogen-bond donors (Lipinski definition) is 1. The predicted molar refractivity (Wildman–Crippen MR) is 69.5 cm³/mol. The molecule has 4 nitrogen and oxygen atoms in total. The fraction of sp³-hybridized carbons (Fsp3) is 0.267. The van der Waals surface area contributed by atoms with Crippen molar-refractivity contribution in [1.29, 1.82) is 0 Å². The second-order valence-corrected chi connectivity index (χ2v) is 4.78. The van der Waals surface area contributed by atoms with Crippen LogP contribution in [0.25, 0.3) is 0 Å². The summed E-state index contributed by atoms with van der Waals surface area (Å²) in [6, 6.07) is 13.6. The smallest absolute Gasteiger partial charge is 0.359 e. The van der Waals surface area contributed by atoms with Crippen LogP contribution in [-0.2, 0) is 15.3 Å². The van der Waals surface area contributed by atoms with Gasteiger partial charge in [-0.25, -0.2) is 4.79 Å². The Morgan fingerprint density at radius 2 is 2.05 bits per heavy atom. The lowest BCUT2D eigenvalue weighted by molar-refractivity contribution is -0.173. The first-order chi connectivity index (χ1) is 9.16. The Kier molecular flexibility index (Phi) is 2.68. The number of aromatic nitrogens is 1. The van der Waals surface area contributed by atoms with Crippen molar-refractivity contribution in [2.45, 2.75) is 18.1 Å². The van der Waals surface area contributed by atoms with Gasteiger partial charge in [0.05, 0.1) is 7.11 Å². The van der Waals surface area contributed by atoms with Gasteiger partial charge in [0.25, 0.3) is 0 Å². The summed E-state index contributed by atoms with van der Waals surface area (Å²) in [5.41, 5.74) is 0.412. The summed E-state index contributed by atoms with van der Waals surface area (Å²) in [6.45, 7) is 0. The molecule has 0 saturated heterocycles. The number of benzene rings is 1. The van der Waals surface area contributed by atoms with E-state index in [2.05, 4.69) is 0 Å². The summed E-state index contributed by atoms with van der Waals surface area (Å²) in [5, 5.41) is 10.6. The zero-order chi connectivity index (χ0) is 13.5. The summed E-state index contributed by atoms with van der Waals surface area (Å²) in [6.07, 6.45) is 2.02. The van der Waals surface area contributed by atoms with E-state index in [0.29, 0.717) is 6.42 Å². The van der Waals surface area contributed by atoms with Crippen LogP contribution in [0.1, 0.15) is 23.6 Å². The van der Waals surface area contributed by atoms with Crippen molar-refractivity contribution in [2.24, 2.45) is 0 Å². The highest BCUT2D eigenvalue weighted by molar-refractivity contribution is 5.78. The first kappa shape index (κ1) is 12.0. The van der Waals surface area contributed by atoms with E-state index >= 15 is 0 Å². The highest BCUT2D eigenvalue weighted by atomic mass is 16.5. The average molecular weight is 257 g/mol. The number of carbonyl (C=O) groups is 1. The molecule has 1 N–H and O–H groups in total. The van der Waals surface area contributed by atoms with E-state index in [9.17, 15) is 9.90 Å². The van der Waals surface area contributed by atoms with Crippen molar-refractivity contribution in [1.82, 2.24) is 4.57 Å². The number of ether oxygens (including phenoxy) is 1. The van der Waals surface area contributed by atoms with E-state index in [0.717, 1.165) is 11.3 Å². The first-order valence-corrected chi connectivity index (χ1v) is 6.20. The van der Waals surface area contributed by atoms with Crippen LogP contribution in [-0.4, -0.2) is 22.8 Å². The number of esters is 1. The van der Waals surface area contributed by atoms with Gasteiger partial charge in [-0.15, -0.1) is 0 Å². The molecular formula is C15H15NO3. The maximum Gasteiger partial charge on any atom is 0.359 e. The van der Waals surface area contributed by atoms with E-state index in [4.69, 9.17) is 4.74 Å². The summed E-state index contributed by atoms with van der Waals surface area (Å²) in [4.78, 5) is 11.9. The molecule has 0 aliphatic carbocycles. The minimum absolute atomic E-state index is 0.000278. The van der Waals surface area contributed by atoms with Gasteiger partial charge in [0.2, 0.25) is 5.72 Å². The molecule has 1 aliphatic heterocycles. The molecule has 0 radical (unpaired) electrons. The number of nitrogens with zero attached hydrogens (tertiary/aromatic N) is 1. The minimum atomic E-state index is -1.60. The van der Waals surface area contributed by atoms with Crippen molar-refractivity contribution >= 4 is 5.97 Å². The lowest BCUT2D eigenvalue weighted by Gasteiger charge is -2.22. The molecule has 0 fully saturated rings. The van der Waals surface area contributed by atoms with Crippen LogP contribution in [0.3, 0.4) is 0 Å². The van der Waals surface area contributed by atoms with Crippen LogP contribution in [0.4, 0.5) is 0 Å². The van der Waals surface area contributed by atoms with Crippen LogP contribution in [0, 0.1) is 0 Å². The van der Waals surface area contributed by atoms with Crippen LogP contribution in [0.15, 0.2) is 48.7 Å². The number of carbonyl (C=O) groups excluding carboxylic acids is 1. The van der Waals surface area contributed by atoms with Crippen molar-refractivity contribution in [2.75, 3.05) is 7.11 Å². The van der Waals surface area contributed by atoms with E-state index < -0.39 is 11.7 Å². The number of hydrogen-bond acceptors (Lipinski definition) is 3. The third-order valence-electron chi connectivity index (χ3n) is 3.74. The normalized spacial score (nSPS) is 25.1. The number of rotatable bonds is 2. The SMILES string of the molecule is COC(=O)C1(O)CC(c2ccccc2)c2cccn21. The Hall–Kier alpha value is -2.07. The first-order valence-electron chi connectivity index (χ1n) is 6.20. The van der Waals surface area contributed by atoms with Crippen molar-refractivity contribution in [3.63, 3.8) is 0 Å². The van der Waals surface area contributed by atoms with Gasteiger partial charge in [-0.05, 0) is 17.7 Å². The quantitative estimate of drug-likeness (QED) is 0.835. The van der Waals surface area contributed by atoms with Gasteiger partial charge in [0.15, 0.2) is 0 Å². The molecule has 1 aliphatic rings. The van der Waals surface area contributed by atoms with E-state index in [-0.39, 0.29) is 5.92 Å². The highest BCUT2D eigenvalue weighted by Crippen LogP contribution is 2.43. The van der Waals surface area contributed by atoms with Gasteiger partial charge in [-0.2, -0.15) is 0 Å². The lowest BCUT2D eigenvalue weighted by Crippen LogP contribution is -2.39. The molecule has 0 amide bonds. The van der Waals surface area contributed by atoms with Crippen LogP contribution in [0.2, 0.25) is 0 Å². The van der Waals surface area contributed by atoms with Gasteiger partial charge in [0, 0.05) is 24.2 Å². The summed E-state index contributed by atoms with van der Waals surface area (Å²) < 4.78 is 6.35. The zero-order valence-electron chi connectivity index (χ0n) is 10.6. The van der Waals surface area contributed by atoms with Crippen molar-refractivity contribution in [3.8, 4) is 0 Å². The maximum atomic E-state index is 11.9. The number of fused-ring (bicyclic) bond motifs is 1. The Morgan fingerprint density at radius 3 is 2.74 bits per heavy atom. The Balaban J connectivity index is 2.07. The molecule has 0 saturated carbocycles. The molecule has 98 valence electrons. The van der Waals surface area contributed by atoms with Crippen molar-refractivity contribution in [3.05, 3.63) is 59.9 Å². The maximum absolute atomic E-state index is 11.9. The monoisotopic (exact) mass is 257 g/mol. The van der Waals surface area contributed by atoms with Gasteiger partial charge < -0.3 is 14.4 Å². The third-order valence-corrected chi connectivity index (χ3v) is 3.74. The van der Waals surface area contributed by atoms with Crippen LogP contribution in [0.5, 0.6) is 0 Å². The van der Waals surface area contributed by atoms with Gasteiger partial charge >= 0.3 is 5.97 Å². The fourth-order valence-corrected chi connectivity index (χ4v) is 2.82. The molecule has 2 heterocycles. The number of aliphatic hydroxyl groups is 1. The van der Waals surface area contributed by atoms with Gasteiger partial charge in [0.1, 0.15) is 0 Å². The molecule has 0 spiro atoms. The van der Waals surface area contributed by atoms with Gasteiger partial charge in [-0.3, -0.25) is 0 Å². The molecular weight excluding hydrogens is 242 g/mol. The minimum Gasteiger partial charge on any atom is -0.465 e. The Bertz CT molecular complexity index is 605. The van der Waals surface area contributed by atoms with E-state index in [1.54, 1.807) is 10.8 Å². The zero-order valence-corrected chi connectivity index (χ0v) is 10.6. The molecule has 2 aromatic rings. The Morgan fingerprint density at radius 1 is 1.32 bits per heavy atom. The summed E-state index contributed by atoms with van der Waals surface area (Å²) in [7, 11) is 1.29. The summed E-state index contributed by atoms with van der Waals surface area (Å²) >= 11 is 0. The lowest BCUT2D eigenvalue weighted by atomic mass is 9.92. The standard InChI is InChI=1S/C15H15NO3/c1-19-14(17)15(18)10-12(11-6-3-2-4-7-11)13-8-5-9-16(13)15/h2-9,12,18H,10H2,1H3. The van der Waals surface area contributed by atoms with E-state index in [1.807, 2.05) is 42.5 Å². The predicted octanol–water partition coefficient (Wildman–Crippen LogP) is 1.84. The Labute approximate surface area is 111 Å². The molecule has 0 bridgehead atoms. The molecule has 4 heteroatoms. The topological polar surface area (TPSA) is 51.5 Å². The second kappa shape index (κ2) is 4.24. The summed E-state index contributed by atoms with van der Waals surface area (Å²) in [5.74, 6) is -0.622. The van der Waals surface area contributed by atoms with E-state index in [1.165, 1.54) is 7.11 Å². The third kappa shape index (κ3) is 1.68.